The number of fused-ring (bicyclic) bond motifs is 1. The van der Waals surface area contributed by atoms with Gasteiger partial charge in [-0.05, 0) is 18.1 Å². The second kappa shape index (κ2) is 4.19. The Balaban J connectivity index is 2.26. The van der Waals surface area contributed by atoms with Crippen molar-refractivity contribution in [2.24, 2.45) is 5.73 Å². The molecule has 0 bridgehead atoms. The maximum atomic E-state index is 10.6. The highest BCUT2D eigenvalue weighted by atomic mass is 35.5. The number of hydrogen-bond acceptors (Lipinski definition) is 4. The van der Waals surface area contributed by atoms with Crippen LogP contribution in [0.15, 0.2) is 12.1 Å². The van der Waals surface area contributed by atoms with Crippen molar-refractivity contribution in [2.45, 2.75) is 12.5 Å². The quantitative estimate of drug-likeness (QED) is 0.828. The van der Waals surface area contributed by atoms with Crippen LogP contribution in [0.1, 0.15) is 5.56 Å². The van der Waals surface area contributed by atoms with Crippen molar-refractivity contribution >= 4 is 17.6 Å². The van der Waals surface area contributed by atoms with Crippen LogP contribution in [0.5, 0.6) is 11.5 Å². The van der Waals surface area contributed by atoms with E-state index in [1.807, 2.05) is 0 Å². The number of carboxylic acid groups (broad SMARTS) is 1. The molecule has 0 aliphatic carbocycles. The molecule has 1 atom stereocenters. The van der Waals surface area contributed by atoms with Crippen LogP contribution in [0, 0.1) is 0 Å². The minimum Gasteiger partial charge on any atom is -0.480 e. The predicted molar refractivity (Wildman–Crippen MR) is 56.9 cm³/mol. The second-order valence-electron chi connectivity index (χ2n) is 3.42. The number of hydrogen-bond donors (Lipinski definition) is 2. The van der Waals surface area contributed by atoms with Crippen LogP contribution in [-0.4, -0.2) is 23.9 Å². The molecule has 3 N–H and O–H groups in total. The molecule has 0 fully saturated rings. The average molecular weight is 244 g/mol. The van der Waals surface area contributed by atoms with E-state index < -0.39 is 12.0 Å². The lowest BCUT2D eigenvalue weighted by Crippen LogP contribution is -2.32. The molecular weight excluding hydrogens is 234 g/mol. The van der Waals surface area contributed by atoms with E-state index in [1.165, 1.54) is 0 Å². The Kier molecular flexibility index (Phi) is 2.89. The SMILES string of the molecule is NC(Cc1ccc2c(c1Cl)OCO2)C(=O)O. The summed E-state index contributed by atoms with van der Waals surface area (Å²) in [6.07, 6.45) is 0.158. The highest BCUT2D eigenvalue weighted by molar-refractivity contribution is 6.33. The van der Waals surface area contributed by atoms with Gasteiger partial charge >= 0.3 is 5.97 Å². The van der Waals surface area contributed by atoms with Gasteiger partial charge in [0.25, 0.3) is 0 Å². The highest BCUT2D eigenvalue weighted by Crippen LogP contribution is 2.40. The Hall–Kier alpha value is -1.46. The molecule has 0 amide bonds. The van der Waals surface area contributed by atoms with Gasteiger partial charge in [0.1, 0.15) is 6.04 Å². The van der Waals surface area contributed by atoms with E-state index in [2.05, 4.69) is 0 Å². The Bertz CT molecular complexity index is 435. The molecule has 16 heavy (non-hydrogen) atoms. The number of nitrogens with two attached hydrogens (primary N) is 1. The smallest absolute Gasteiger partial charge is 0.320 e. The van der Waals surface area contributed by atoms with Crippen LogP contribution >= 0.6 is 11.6 Å². The summed E-state index contributed by atoms with van der Waals surface area (Å²) < 4.78 is 10.3. The third kappa shape index (κ3) is 1.91. The molecule has 0 saturated carbocycles. The van der Waals surface area contributed by atoms with E-state index >= 15 is 0 Å². The Morgan fingerprint density at radius 2 is 2.31 bits per heavy atom. The van der Waals surface area contributed by atoms with Crippen LogP contribution in [-0.2, 0) is 11.2 Å². The number of benzene rings is 1. The van der Waals surface area contributed by atoms with E-state index in [-0.39, 0.29) is 13.2 Å². The highest BCUT2D eigenvalue weighted by Gasteiger charge is 2.22. The van der Waals surface area contributed by atoms with Gasteiger partial charge in [-0.2, -0.15) is 0 Å². The fourth-order valence-corrected chi connectivity index (χ4v) is 1.75. The summed E-state index contributed by atoms with van der Waals surface area (Å²) in [6, 6.07) is 2.41. The first-order valence-electron chi connectivity index (χ1n) is 4.65. The van der Waals surface area contributed by atoms with E-state index in [4.69, 9.17) is 31.9 Å². The normalized spacial score (nSPS) is 14.9. The molecule has 2 rings (SSSR count). The fourth-order valence-electron chi connectivity index (χ4n) is 1.46. The minimum absolute atomic E-state index is 0.128. The molecule has 1 aromatic carbocycles. The number of aliphatic carboxylic acids is 1. The maximum Gasteiger partial charge on any atom is 0.320 e. The van der Waals surface area contributed by atoms with E-state index in [9.17, 15) is 4.79 Å². The van der Waals surface area contributed by atoms with Crippen molar-refractivity contribution in [1.29, 1.82) is 0 Å². The molecule has 1 unspecified atom stereocenters. The molecule has 1 aliphatic rings. The summed E-state index contributed by atoms with van der Waals surface area (Å²) >= 11 is 6.05. The molecule has 6 heteroatoms. The average Bonchev–Trinajstić information content (AvgIpc) is 2.70. The lowest BCUT2D eigenvalue weighted by atomic mass is 10.1. The molecule has 0 saturated heterocycles. The maximum absolute atomic E-state index is 10.6. The van der Waals surface area contributed by atoms with E-state index in [1.54, 1.807) is 12.1 Å². The van der Waals surface area contributed by atoms with E-state index in [0.29, 0.717) is 22.1 Å². The molecule has 0 radical (unpaired) electrons. The summed E-state index contributed by atoms with van der Waals surface area (Å²) in [5, 5.41) is 9.07. The van der Waals surface area contributed by atoms with Gasteiger partial charge in [0, 0.05) is 0 Å². The predicted octanol–water partition coefficient (Wildman–Crippen LogP) is 1.02. The Labute approximate surface area is 96.7 Å². The zero-order chi connectivity index (χ0) is 11.7. The third-order valence-electron chi connectivity index (χ3n) is 2.32. The Morgan fingerprint density at radius 1 is 1.56 bits per heavy atom. The number of halogens is 1. The standard InChI is InChI=1S/C10H10ClNO4/c11-8-5(3-6(12)10(13)14)1-2-7-9(8)16-4-15-7/h1-2,6H,3-4,12H2,(H,13,14). The van der Waals surface area contributed by atoms with Gasteiger partial charge in [-0.25, -0.2) is 0 Å². The summed E-state index contributed by atoms with van der Waals surface area (Å²) in [7, 11) is 0. The zero-order valence-corrected chi connectivity index (χ0v) is 9.03. The van der Waals surface area contributed by atoms with Crippen molar-refractivity contribution in [1.82, 2.24) is 0 Å². The van der Waals surface area contributed by atoms with Crippen molar-refractivity contribution in [3.63, 3.8) is 0 Å². The second-order valence-corrected chi connectivity index (χ2v) is 3.80. The number of ether oxygens (including phenoxy) is 2. The van der Waals surface area contributed by atoms with Crippen LogP contribution in [0.4, 0.5) is 0 Å². The van der Waals surface area contributed by atoms with Gasteiger partial charge in [-0.1, -0.05) is 17.7 Å². The molecule has 1 heterocycles. The van der Waals surface area contributed by atoms with Gasteiger partial charge in [-0.15, -0.1) is 0 Å². The van der Waals surface area contributed by atoms with Crippen LogP contribution < -0.4 is 15.2 Å². The summed E-state index contributed by atoms with van der Waals surface area (Å²) in [5.74, 6) is -0.0388. The Morgan fingerprint density at radius 3 is 3.00 bits per heavy atom. The number of rotatable bonds is 3. The summed E-state index contributed by atoms with van der Waals surface area (Å²) in [4.78, 5) is 10.6. The van der Waals surface area contributed by atoms with Crippen LogP contribution in [0.3, 0.4) is 0 Å². The largest absolute Gasteiger partial charge is 0.480 e. The molecule has 1 aromatic rings. The molecule has 1 aliphatic heterocycles. The lowest BCUT2D eigenvalue weighted by molar-refractivity contribution is -0.138. The first-order chi connectivity index (χ1) is 7.59. The molecule has 5 nitrogen and oxygen atoms in total. The van der Waals surface area contributed by atoms with Crippen LogP contribution in [0.25, 0.3) is 0 Å². The van der Waals surface area contributed by atoms with Gasteiger partial charge in [0.05, 0.1) is 5.02 Å². The molecule has 86 valence electrons. The summed E-state index contributed by atoms with van der Waals surface area (Å²) in [5.41, 5.74) is 6.07. The minimum atomic E-state index is -1.06. The first-order valence-corrected chi connectivity index (χ1v) is 5.02. The van der Waals surface area contributed by atoms with Crippen molar-refractivity contribution in [3.8, 4) is 11.5 Å². The third-order valence-corrected chi connectivity index (χ3v) is 2.73. The lowest BCUT2D eigenvalue weighted by Gasteiger charge is -2.09. The monoisotopic (exact) mass is 243 g/mol. The van der Waals surface area contributed by atoms with Crippen molar-refractivity contribution in [3.05, 3.63) is 22.7 Å². The topological polar surface area (TPSA) is 81.8 Å². The van der Waals surface area contributed by atoms with Crippen LogP contribution in [0.2, 0.25) is 5.02 Å². The van der Waals surface area contributed by atoms with Gasteiger partial charge in [0.2, 0.25) is 6.79 Å². The fraction of sp³-hybridized carbons (Fsp3) is 0.300. The number of carboxylic acids is 1. The van der Waals surface area contributed by atoms with Gasteiger partial charge in [-0.3, -0.25) is 4.79 Å². The molecule has 0 aromatic heterocycles. The first kappa shape index (κ1) is 11.0. The van der Waals surface area contributed by atoms with Gasteiger partial charge < -0.3 is 20.3 Å². The zero-order valence-electron chi connectivity index (χ0n) is 8.27. The number of carbonyl (C=O) groups is 1. The van der Waals surface area contributed by atoms with Gasteiger partial charge in [0.15, 0.2) is 11.5 Å². The van der Waals surface area contributed by atoms with E-state index in [0.717, 1.165) is 0 Å². The van der Waals surface area contributed by atoms with Crippen molar-refractivity contribution in [2.75, 3.05) is 6.79 Å². The summed E-state index contributed by atoms with van der Waals surface area (Å²) in [6.45, 7) is 0.128. The molecule has 0 spiro atoms. The van der Waals surface area contributed by atoms with Crippen molar-refractivity contribution < 1.29 is 19.4 Å². The molecular formula is C10H10ClNO4.